The third-order valence-electron chi connectivity index (χ3n) is 2.98. The van der Waals surface area contributed by atoms with Gasteiger partial charge in [0.2, 0.25) is 0 Å². The zero-order valence-electron chi connectivity index (χ0n) is 14.2. The maximum atomic E-state index is 10.6. The van der Waals surface area contributed by atoms with Crippen LogP contribution in [0.1, 0.15) is 11.5 Å². The SMILES string of the molecule is C#CCNC(C[N+](=O)[O-])=NCCSCc1ccc(CCN(C)C)o1. The Bertz CT molecular complexity index is 578. The number of nitro groups is 1. The summed E-state index contributed by atoms with van der Waals surface area (Å²) in [5.41, 5.74) is 0. The van der Waals surface area contributed by atoms with Crippen LogP contribution >= 0.6 is 11.8 Å². The average molecular weight is 352 g/mol. The molecule has 8 heteroatoms. The molecule has 0 radical (unpaired) electrons. The van der Waals surface area contributed by atoms with E-state index < -0.39 is 4.92 Å². The summed E-state index contributed by atoms with van der Waals surface area (Å²) >= 11 is 1.68. The number of aliphatic imine (C=N–C) groups is 1. The van der Waals surface area contributed by atoms with Crippen LogP contribution in [0.25, 0.3) is 0 Å². The van der Waals surface area contributed by atoms with Gasteiger partial charge in [-0.1, -0.05) is 5.92 Å². The van der Waals surface area contributed by atoms with Gasteiger partial charge in [0.05, 0.1) is 18.8 Å². The van der Waals surface area contributed by atoms with Crippen molar-refractivity contribution in [1.29, 1.82) is 0 Å². The van der Waals surface area contributed by atoms with Gasteiger partial charge >= 0.3 is 0 Å². The van der Waals surface area contributed by atoms with Crippen molar-refractivity contribution < 1.29 is 9.34 Å². The predicted molar refractivity (Wildman–Crippen MR) is 98.1 cm³/mol. The Hall–Kier alpha value is -1.98. The molecule has 0 aliphatic carbocycles. The topological polar surface area (TPSA) is 83.9 Å². The van der Waals surface area contributed by atoms with Crippen molar-refractivity contribution in [2.45, 2.75) is 12.2 Å². The molecule has 0 atom stereocenters. The minimum atomic E-state index is -0.423. The highest BCUT2D eigenvalue weighted by Gasteiger charge is 2.06. The van der Waals surface area contributed by atoms with E-state index in [0.717, 1.165) is 36.0 Å². The van der Waals surface area contributed by atoms with Gasteiger partial charge in [-0.25, -0.2) is 0 Å². The van der Waals surface area contributed by atoms with Gasteiger partial charge in [0.25, 0.3) is 6.54 Å². The zero-order valence-corrected chi connectivity index (χ0v) is 15.0. The molecule has 1 aromatic heterocycles. The largest absolute Gasteiger partial charge is 0.465 e. The maximum Gasteiger partial charge on any atom is 0.259 e. The first-order chi connectivity index (χ1) is 11.5. The van der Waals surface area contributed by atoms with Crippen molar-refractivity contribution in [2.24, 2.45) is 4.99 Å². The molecule has 0 amide bonds. The average Bonchev–Trinajstić information content (AvgIpc) is 2.97. The summed E-state index contributed by atoms with van der Waals surface area (Å²) in [6, 6.07) is 4.00. The van der Waals surface area contributed by atoms with Crippen molar-refractivity contribution in [1.82, 2.24) is 10.2 Å². The van der Waals surface area contributed by atoms with E-state index in [9.17, 15) is 10.1 Å². The number of amidine groups is 1. The summed E-state index contributed by atoms with van der Waals surface area (Å²) in [4.78, 5) is 16.4. The van der Waals surface area contributed by atoms with E-state index in [2.05, 4.69) is 21.1 Å². The van der Waals surface area contributed by atoms with Crippen molar-refractivity contribution in [3.63, 3.8) is 0 Å². The number of hydrogen-bond acceptors (Lipinski definition) is 6. The minimum absolute atomic E-state index is 0.238. The lowest BCUT2D eigenvalue weighted by atomic mass is 10.3. The molecular weight excluding hydrogens is 328 g/mol. The van der Waals surface area contributed by atoms with Gasteiger partial charge in [0.15, 0.2) is 5.84 Å². The first-order valence-electron chi connectivity index (χ1n) is 7.63. The highest BCUT2D eigenvalue weighted by Crippen LogP contribution is 2.15. The molecule has 1 heterocycles. The summed E-state index contributed by atoms with van der Waals surface area (Å²) in [7, 11) is 4.07. The number of likely N-dealkylation sites (N-methyl/N-ethyl adjacent to an activating group) is 1. The van der Waals surface area contributed by atoms with Crippen LogP contribution in [-0.4, -0.2) is 61.7 Å². The molecule has 1 aromatic rings. The van der Waals surface area contributed by atoms with Gasteiger partial charge in [0.1, 0.15) is 11.5 Å². The molecule has 0 unspecified atom stereocenters. The number of rotatable bonds is 11. The van der Waals surface area contributed by atoms with E-state index in [1.54, 1.807) is 11.8 Å². The van der Waals surface area contributed by atoms with Crippen molar-refractivity contribution >= 4 is 17.6 Å². The van der Waals surface area contributed by atoms with Crippen LogP contribution in [-0.2, 0) is 12.2 Å². The Morgan fingerprint density at radius 1 is 1.50 bits per heavy atom. The lowest BCUT2D eigenvalue weighted by Gasteiger charge is -2.06. The number of thioether (sulfide) groups is 1. The van der Waals surface area contributed by atoms with Crippen LogP contribution in [0.4, 0.5) is 0 Å². The van der Waals surface area contributed by atoms with Crippen molar-refractivity contribution in [2.75, 3.05) is 46.0 Å². The molecule has 132 valence electrons. The molecule has 1 rings (SSSR count). The first-order valence-corrected chi connectivity index (χ1v) is 8.79. The van der Waals surface area contributed by atoms with E-state index >= 15 is 0 Å². The summed E-state index contributed by atoms with van der Waals surface area (Å²) in [6.07, 6.45) is 6.03. The quantitative estimate of drug-likeness (QED) is 0.162. The van der Waals surface area contributed by atoms with E-state index in [0.29, 0.717) is 12.4 Å². The Labute approximate surface area is 147 Å². The van der Waals surface area contributed by atoms with Gasteiger partial charge in [-0.3, -0.25) is 15.1 Å². The van der Waals surface area contributed by atoms with Gasteiger partial charge in [-0.15, -0.1) is 6.42 Å². The molecule has 0 bridgehead atoms. The fraction of sp³-hybridized carbons (Fsp3) is 0.562. The normalized spacial score (nSPS) is 11.5. The second-order valence-electron chi connectivity index (χ2n) is 5.35. The van der Waals surface area contributed by atoms with Crippen LogP contribution < -0.4 is 5.32 Å². The summed E-state index contributed by atoms with van der Waals surface area (Å²) in [5.74, 6) is 6.15. The van der Waals surface area contributed by atoms with Gasteiger partial charge in [0, 0.05) is 23.6 Å². The first kappa shape index (κ1) is 20.1. The lowest BCUT2D eigenvalue weighted by Crippen LogP contribution is -2.31. The van der Waals surface area contributed by atoms with E-state index in [1.807, 2.05) is 26.2 Å². The fourth-order valence-electron chi connectivity index (χ4n) is 1.82. The smallest absolute Gasteiger partial charge is 0.259 e. The predicted octanol–water partition coefficient (Wildman–Crippen LogP) is 1.51. The molecule has 0 aromatic carbocycles. The Kier molecular flexibility index (Phi) is 9.65. The number of furan rings is 1. The molecule has 0 aliphatic rings. The van der Waals surface area contributed by atoms with Crippen LogP contribution in [0.3, 0.4) is 0 Å². The fourth-order valence-corrected chi connectivity index (χ4v) is 2.54. The second-order valence-corrected chi connectivity index (χ2v) is 6.46. The van der Waals surface area contributed by atoms with Gasteiger partial charge < -0.3 is 14.6 Å². The highest BCUT2D eigenvalue weighted by atomic mass is 32.2. The number of hydrogen-bond donors (Lipinski definition) is 1. The van der Waals surface area contributed by atoms with Crippen LogP contribution in [0.5, 0.6) is 0 Å². The van der Waals surface area contributed by atoms with E-state index in [4.69, 9.17) is 10.8 Å². The number of nitrogens with zero attached hydrogens (tertiary/aromatic N) is 3. The molecule has 7 nitrogen and oxygen atoms in total. The number of nitrogens with one attached hydrogen (secondary N) is 1. The minimum Gasteiger partial charge on any atom is -0.465 e. The lowest BCUT2D eigenvalue weighted by molar-refractivity contribution is -0.463. The molecule has 24 heavy (non-hydrogen) atoms. The molecule has 0 aliphatic heterocycles. The molecule has 0 saturated heterocycles. The summed E-state index contributed by atoms with van der Waals surface area (Å²) in [5, 5.41) is 13.3. The van der Waals surface area contributed by atoms with Gasteiger partial charge in [-0.05, 0) is 26.2 Å². The Balaban J connectivity index is 2.29. The monoisotopic (exact) mass is 352 g/mol. The molecule has 0 fully saturated rings. The molecule has 0 spiro atoms. The Morgan fingerprint density at radius 3 is 2.92 bits per heavy atom. The van der Waals surface area contributed by atoms with Crippen LogP contribution in [0.2, 0.25) is 0 Å². The summed E-state index contributed by atoms with van der Waals surface area (Å²) < 4.78 is 5.76. The zero-order chi connectivity index (χ0) is 17.8. The molecular formula is C16H24N4O3S. The molecule has 0 saturated carbocycles. The third-order valence-corrected chi connectivity index (χ3v) is 3.94. The van der Waals surface area contributed by atoms with Crippen molar-refractivity contribution in [3.8, 4) is 12.3 Å². The maximum absolute atomic E-state index is 10.6. The standard InChI is InChI=1S/C16H24N4O3S/c1-4-8-17-16(12-20(21)22)18-9-11-24-13-15-6-5-14(23-15)7-10-19(2)3/h1,5-6H,7-13H2,2-3H3,(H,17,18). The Morgan fingerprint density at radius 2 is 2.25 bits per heavy atom. The number of terminal acetylenes is 1. The highest BCUT2D eigenvalue weighted by molar-refractivity contribution is 7.98. The van der Waals surface area contributed by atoms with Crippen LogP contribution in [0, 0.1) is 22.5 Å². The van der Waals surface area contributed by atoms with E-state index in [1.165, 1.54) is 0 Å². The summed E-state index contributed by atoms with van der Waals surface area (Å²) in [6.45, 7) is 1.36. The van der Waals surface area contributed by atoms with Crippen molar-refractivity contribution in [3.05, 3.63) is 33.8 Å². The third kappa shape index (κ3) is 9.22. The van der Waals surface area contributed by atoms with Gasteiger partial charge in [-0.2, -0.15) is 11.8 Å². The molecule has 1 N–H and O–H groups in total. The second kappa shape index (κ2) is 11.5. The van der Waals surface area contributed by atoms with E-state index in [-0.39, 0.29) is 13.1 Å². The van der Waals surface area contributed by atoms with Crippen LogP contribution in [0.15, 0.2) is 21.5 Å².